The normalized spacial score (nSPS) is 10.0. The van der Waals surface area contributed by atoms with E-state index in [1.54, 1.807) is 6.20 Å². The minimum Gasteiger partial charge on any atom is -0.340 e. The largest absolute Gasteiger partial charge is 0.340 e. The van der Waals surface area contributed by atoms with Gasteiger partial charge in [0.05, 0.1) is 0 Å². The van der Waals surface area contributed by atoms with Crippen LogP contribution in [-0.2, 0) is 0 Å². The molecule has 0 aliphatic rings. The fraction of sp³-hybridized carbons (Fsp3) is 0.0833. The molecule has 1 aromatic carbocycles. The molecule has 0 fully saturated rings. The van der Waals surface area contributed by atoms with Crippen LogP contribution in [0.4, 0.5) is 11.5 Å². The zero-order chi connectivity index (χ0) is 10.7. The summed E-state index contributed by atoms with van der Waals surface area (Å²) in [6.45, 7) is 2.07. The molecule has 76 valence electrons. The summed E-state index contributed by atoms with van der Waals surface area (Å²) in [5.41, 5.74) is 2.31. The van der Waals surface area contributed by atoms with Gasteiger partial charge in [-0.1, -0.05) is 17.7 Å². The van der Waals surface area contributed by atoms with E-state index in [0.29, 0.717) is 0 Å². The third kappa shape index (κ3) is 2.80. The van der Waals surface area contributed by atoms with E-state index in [1.165, 1.54) is 5.56 Å². The Hall–Kier alpha value is -1.35. The topological polar surface area (TPSA) is 24.9 Å². The van der Waals surface area contributed by atoms with Crippen molar-refractivity contribution in [2.45, 2.75) is 6.92 Å². The molecular weight excluding hydrogens is 252 g/mol. The molecular formula is C12H11BrN2. The van der Waals surface area contributed by atoms with E-state index in [9.17, 15) is 0 Å². The Balaban J connectivity index is 2.15. The van der Waals surface area contributed by atoms with Crippen molar-refractivity contribution in [2.24, 2.45) is 0 Å². The number of hydrogen-bond acceptors (Lipinski definition) is 2. The molecule has 0 atom stereocenters. The lowest BCUT2D eigenvalue weighted by atomic mass is 10.2. The molecule has 0 radical (unpaired) electrons. The number of benzene rings is 1. The lowest BCUT2D eigenvalue weighted by Crippen LogP contribution is -1.92. The Kier molecular flexibility index (Phi) is 3.02. The molecule has 0 bridgehead atoms. The van der Waals surface area contributed by atoms with Crippen LogP contribution in [0.5, 0.6) is 0 Å². The van der Waals surface area contributed by atoms with E-state index in [0.717, 1.165) is 16.0 Å². The predicted molar refractivity (Wildman–Crippen MR) is 66.4 cm³/mol. The highest BCUT2D eigenvalue weighted by Gasteiger charge is 1.95. The van der Waals surface area contributed by atoms with Gasteiger partial charge in [-0.25, -0.2) is 4.98 Å². The molecule has 3 heteroatoms. The Bertz CT molecular complexity index is 391. The standard InChI is InChI=1S/C12H11BrN2/c1-9-2-5-11(6-3-9)15-12-7-4-10(13)8-14-12/h2-8H,1H3,(H,14,15). The van der Waals surface area contributed by atoms with Gasteiger partial charge in [-0.3, -0.25) is 0 Å². The first-order valence-electron chi connectivity index (χ1n) is 4.69. The van der Waals surface area contributed by atoms with Crippen LogP contribution >= 0.6 is 15.9 Å². The number of hydrogen-bond donors (Lipinski definition) is 1. The highest BCUT2D eigenvalue weighted by Crippen LogP contribution is 2.16. The summed E-state index contributed by atoms with van der Waals surface area (Å²) in [4.78, 5) is 4.24. The van der Waals surface area contributed by atoms with Gasteiger partial charge in [0.1, 0.15) is 5.82 Å². The number of nitrogens with one attached hydrogen (secondary N) is 1. The van der Waals surface area contributed by atoms with E-state index < -0.39 is 0 Å². The van der Waals surface area contributed by atoms with Crippen LogP contribution in [0.3, 0.4) is 0 Å². The number of aromatic nitrogens is 1. The molecule has 0 amide bonds. The predicted octanol–water partition coefficient (Wildman–Crippen LogP) is 3.90. The number of rotatable bonds is 2. The smallest absolute Gasteiger partial charge is 0.130 e. The zero-order valence-corrected chi connectivity index (χ0v) is 9.95. The lowest BCUT2D eigenvalue weighted by Gasteiger charge is -2.05. The van der Waals surface area contributed by atoms with Crippen LogP contribution in [-0.4, -0.2) is 4.98 Å². The van der Waals surface area contributed by atoms with E-state index in [4.69, 9.17) is 0 Å². The fourth-order valence-electron chi connectivity index (χ4n) is 1.23. The molecule has 1 N–H and O–H groups in total. The molecule has 0 spiro atoms. The number of nitrogens with zero attached hydrogens (tertiary/aromatic N) is 1. The molecule has 2 rings (SSSR count). The van der Waals surface area contributed by atoms with Crippen molar-refractivity contribution < 1.29 is 0 Å². The summed E-state index contributed by atoms with van der Waals surface area (Å²) in [7, 11) is 0. The van der Waals surface area contributed by atoms with Gasteiger partial charge in [-0.05, 0) is 47.1 Å². The highest BCUT2D eigenvalue weighted by molar-refractivity contribution is 9.10. The molecule has 1 heterocycles. The molecule has 1 aromatic heterocycles. The first-order valence-corrected chi connectivity index (χ1v) is 5.48. The summed E-state index contributed by atoms with van der Waals surface area (Å²) >= 11 is 3.35. The maximum absolute atomic E-state index is 4.24. The molecule has 0 saturated carbocycles. The molecule has 0 aliphatic heterocycles. The van der Waals surface area contributed by atoms with Gasteiger partial charge in [-0.15, -0.1) is 0 Å². The second-order valence-electron chi connectivity index (χ2n) is 3.35. The van der Waals surface area contributed by atoms with Crippen molar-refractivity contribution in [3.8, 4) is 0 Å². The van der Waals surface area contributed by atoms with Gasteiger partial charge < -0.3 is 5.32 Å². The van der Waals surface area contributed by atoms with E-state index in [2.05, 4.69) is 45.3 Å². The van der Waals surface area contributed by atoms with Crippen LogP contribution in [0.15, 0.2) is 47.1 Å². The zero-order valence-electron chi connectivity index (χ0n) is 8.37. The van der Waals surface area contributed by atoms with Crippen LogP contribution in [0.25, 0.3) is 0 Å². The van der Waals surface area contributed by atoms with Crippen LogP contribution in [0.2, 0.25) is 0 Å². The average Bonchev–Trinajstić information content (AvgIpc) is 2.25. The summed E-state index contributed by atoms with van der Waals surface area (Å²) in [5.74, 6) is 0.849. The Morgan fingerprint density at radius 3 is 2.40 bits per heavy atom. The first kappa shape index (κ1) is 10.2. The number of aryl methyl sites for hydroxylation is 1. The SMILES string of the molecule is Cc1ccc(Nc2ccc(Br)cn2)cc1. The number of pyridine rings is 1. The van der Waals surface area contributed by atoms with Crippen molar-refractivity contribution in [1.82, 2.24) is 4.98 Å². The van der Waals surface area contributed by atoms with Gasteiger partial charge in [0, 0.05) is 16.4 Å². The van der Waals surface area contributed by atoms with Crippen molar-refractivity contribution >= 4 is 27.4 Å². The Morgan fingerprint density at radius 2 is 1.80 bits per heavy atom. The van der Waals surface area contributed by atoms with Crippen molar-refractivity contribution in [3.05, 3.63) is 52.6 Å². The molecule has 2 aromatic rings. The molecule has 15 heavy (non-hydrogen) atoms. The van der Waals surface area contributed by atoms with Gasteiger partial charge >= 0.3 is 0 Å². The summed E-state index contributed by atoms with van der Waals surface area (Å²) in [6, 6.07) is 12.1. The van der Waals surface area contributed by atoms with Gasteiger partial charge in [0.2, 0.25) is 0 Å². The maximum atomic E-state index is 4.24. The molecule has 0 unspecified atom stereocenters. The maximum Gasteiger partial charge on any atom is 0.130 e. The van der Waals surface area contributed by atoms with Crippen molar-refractivity contribution in [3.63, 3.8) is 0 Å². The van der Waals surface area contributed by atoms with Crippen LogP contribution < -0.4 is 5.32 Å². The van der Waals surface area contributed by atoms with Crippen LogP contribution in [0.1, 0.15) is 5.56 Å². The lowest BCUT2D eigenvalue weighted by molar-refractivity contribution is 1.29. The van der Waals surface area contributed by atoms with Crippen molar-refractivity contribution in [1.29, 1.82) is 0 Å². The third-order valence-electron chi connectivity index (χ3n) is 2.05. The summed E-state index contributed by atoms with van der Waals surface area (Å²) in [6.07, 6.45) is 1.77. The Labute approximate surface area is 97.5 Å². The quantitative estimate of drug-likeness (QED) is 0.888. The van der Waals surface area contributed by atoms with Crippen LogP contribution in [0, 0.1) is 6.92 Å². The van der Waals surface area contributed by atoms with Gasteiger partial charge in [0.25, 0.3) is 0 Å². The minimum atomic E-state index is 0.849. The summed E-state index contributed by atoms with van der Waals surface area (Å²) in [5, 5.41) is 3.23. The fourth-order valence-corrected chi connectivity index (χ4v) is 1.47. The number of anilines is 2. The third-order valence-corrected chi connectivity index (χ3v) is 2.52. The highest BCUT2D eigenvalue weighted by atomic mass is 79.9. The van der Waals surface area contributed by atoms with Crippen molar-refractivity contribution in [2.75, 3.05) is 5.32 Å². The van der Waals surface area contributed by atoms with E-state index in [1.807, 2.05) is 24.3 Å². The Morgan fingerprint density at radius 1 is 1.07 bits per heavy atom. The first-order chi connectivity index (χ1) is 7.24. The summed E-state index contributed by atoms with van der Waals surface area (Å²) < 4.78 is 0.983. The number of halogens is 1. The van der Waals surface area contributed by atoms with Gasteiger partial charge in [0.15, 0.2) is 0 Å². The monoisotopic (exact) mass is 262 g/mol. The minimum absolute atomic E-state index is 0.849. The second-order valence-corrected chi connectivity index (χ2v) is 4.27. The van der Waals surface area contributed by atoms with E-state index >= 15 is 0 Å². The second kappa shape index (κ2) is 4.45. The molecule has 0 aliphatic carbocycles. The van der Waals surface area contributed by atoms with Gasteiger partial charge in [-0.2, -0.15) is 0 Å². The molecule has 0 saturated heterocycles. The average molecular weight is 263 g/mol. The van der Waals surface area contributed by atoms with E-state index in [-0.39, 0.29) is 0 Å². The molecule has 2 nitrogen and oxygen atoms in total.